The lowest BCUT2D eigenvalue weighted by atomic mass is 9.82. The van der Waals surface area contributed by atoms with Crippen LogP contribution < -0.4 is 10.6 Å². The van der Waals surface area contributed by atoms with Crippen molar-refractivity contribution in [2.45, 2.75) is 24.1 Å². The van der Waals surface area contributed by atoms with E-state index in [-0.39, 0.29) is 29.4 Å². The number of aryl methyl sites for hydroxylation is 1. The molecule has 2 aliphatic carbocycles. The Morgan fingerprint density at radius 2 is 1.91 bits per heavy atom. The highest BCUT2D eigenvalue weighted by Gasteiger charge is 2.51. The first-order chi connectivity index (χ1) is 16.4. The highest BCUT2D eigenvalue weighted by Crippen LogP contribution is 2.48. The molecule has 0 unspecified atom stereocenters. The quantitative estimate of drug-likeness (QED) is 0.304. The maximum Gasteiger partial charge on any atom is 0.307 e. The van der Waals surface area contributed by atoms with Crippen LogP contribution in [0.5, 0.6) is 0 Å². The molecule has 176 valence electrons. The van der Waals surface area contributed by atoms with Gasteiger partial charge in [-0.15, -0.1) is 21.5 Å². The lowest BCUT2D eigenvalue weighted by molar-refractivity contribution is -0.146. The largest absolute Gasteiger partial charge is 0.481 e. The minimum Gasteiger partial charge on any atom is -0.481 e. The number of nitrogens with zero attached hydrogens (tertiary/aromatic N) is 3. The number of carboxylic acid groups (broad SMARTS) is 1. The Labute approximate surface area is 207 Å². The summed E-state index contributed by atoms with van der Waals surface area (Å²) in [5, 5.41) is 24.5. The van der Waals surface area contributed by atoms with E-state index in [0.29, 0.717) is 10.8 Å². The Bertz CT molecular complexity index is 1300. The first kappa shape index (κ1) is 22.9. The third kappa shape index (κ3) is 4.57. The number of carbonyl (C=O) groups excluding carboxylic acids is 2. The molecule has 2 aromatic heterocycles. The molecule has 2 amide bonds. The molecule has 1 fully saturated rings. The topological polar surface area (TPSA) is 134 Å². The van der Waals surface area contributed by atoms with Crippen molar-refractivity contribution >= 4 is 73.3 Å². The lowest BCUT2D eigenvalue weighted by Crippen LogP contribution is -2.36. The number of aromatic nitrogens is 3. The fraction of sp³-hybridized carbons (Fsp3) is 0.364. The molecule has 5 rings (SSSR count). The predicted molar refractivity (Wildman–Crippen MR) is 132 cm³/mol. The normalized spacial score (nSPS) is 22.9. The number of fused-ring (bicyclic) bond motifs is 3. The van der Waals surface area contributed by atoms with Crippen LogP contribution in [0.3, 0.4) is 0 Å². The zero-order valence-electron chi connectivity index (χ0n) is 18.1. The van der Waals surface area contributed by atoms with Crippen LogP contribution in [0.15, 0.2) is 34.7 Å². The summed E-state index contributed by atoms with van der Waals surface area (Å²) >= 11 is 4.12. The molecule has 3 aromatic rings. The fourth-order valence-corrected chi connectivity index (χ4v) is 7.12. The number of amides is 2. The minimum atomic E-state index is -0.919. The Morgan fingerprint density at radius 1 is 1.12 bits per heavy atom. The Hall–Kier alpha value is -2.83. The van der Waals surface area contributed by atoms with Gasteiger partial charge in [0.25, 0.3) is 0 Å². The van der Waals surface area contributed by atoms with E-state index in [2.05, 4.69) is 25.8 Å². The summed E-state index contributed by atoms with van der Waals surface area (Å²) in [4.78, 5) is 41.4. The molecule has 34 heavy (non-hydrogen) atoms. The highest BCUT2D eigenvalue weighted by atomic mass is 32.2. The molecule has 0 spiro atoms. The lowest BCUT2D eigenvalue weighted by Gasteiger charge is -2.23. The van der Waals surface area contributed by atoms with Gasteiger partial charge < -0.3 is 10.4 Å². The number of benzene rings is 1. The van der Waals surface area contributed by atoms with Gasteiger partial charge in [0.15, 0.2) is 4.34 Å². The molecule has 0 saturated heterocycles. The van der Waals surface area contributed by atoms with E-state index in [0.717, 1.165) is 32.4 Å². The molecule has 12 heteroatoms. The van der Waals surface area contributed by atoms with E-state index in [1.807, 2.05) is 31.2 Å². The molecule has 3 N–H and O–H groups in total. The first-order valence-corrected chi connectivity index (χ1v) is 13.4. The van der Waals surface area contributed by atoms with Gasteiger partial charge >= 0.3 is 5.97 Å². The van der Waals surface area contributed by atoms with Gasteiger partial charge in [0, 0.05) is 5.69 Å². The van der Waals surface area contributed by atoms with Gasteiger partial charge in [-0.05, 0) is 42.9 Å². The molecule has 1 aromatic carbocycles. The molecule has 4 atom stereocenters. The van der Waals surface area contributed by atoms with E-state index in [9.17, 15) is 19.5 Å². The van der Waals surface area contributed by atoms with Gasteiger partial charge in [-0.25, -0.2) is 4.98 Å². The third-order valence-electron chi connectivity index (χ3n) is 6.03. The number of hydrogen-bond donors (Lipinski definition) is 3. The van der Waals surface area contributed by atoms with E-state index in [1.54, 1.807) is 6.07 Å². The van der Waals surface area contributed by atoms with Crippen molar-refractivity contribution in [1.29, 1.82) is 0 Å². The predicted octanol–water partition coefficient (Wildman–Crippen LogP) is 3.90. The van der Waals surface area contributed by atoms with Crippen molar-refractivity contribution < 1.29 is 19.5 Å². The average molecular weight is 516 g/mol. The molecule has 2 heterocycles. The van der Waals surface area contributed by atoms with Crippen molar-refractivity contribution in [3.05, 3.63) is 35.4 Å². The second-order valence-corrected chi connectivity index (χ2v) is 11.5. The number of carboxylic acids is 1. The Balaban J connectivity index is 1.21. The second-order valence-electron chi connectivity index (χ2n) is 8.18. The second kappa shape index (κ2) is 9.43. The molecular weight excluding hydrogens is 494 g/mol. The summed E-state index contributed by atoms with van der Waals surface area (Å²) in [6.45, 7) is 1.98. The third-order valence-corrected chi connectivity index (χ3v) is 9.17. The van der Waals surface area contributed by atoms with E-state index in [4.69, 9.17) is 0 Å². The van der Waals surface area contributed by atoms with E-state index in [1.165, 1.54) is 34.4 Å². The van der Waals surface area contributed by atoms with E-state index < -0.39 is 17.8 Å². The fourth-order valence-electron chi connectivity index (χ4n) is 4.51. The summed E-state index contributed by atoms with van der Waals surface area (Å²) in [5.74, 6) is -2.50. The van der Waals surface area contributed by atoms with Gasteiger partial charge in [-0.1, -0.05) is 42.2 Å². The maximum atomic E-state index is 12.9. The molecular formula is C22H21N5O4S3. The number of hydrogen-bond acceptors (Lipinski definition) is 9. The van der Waals surface area contributed by atoms with Crippen LogP contribution in [0, 0.1) is 23.7 Å². The zero-order chi connectivity index (χ0) is 23.8. The van der Waals surface area contributed by atoms with Crippen LogP contribution in [0.25, 0.3) is 10.2 Å². The highest BCUT2D eigenvalue weighted by molar-refractivity contribution is 8.01. The van der Waals surface area contributed by atoms with Crippen LogP contribution in [0.2, 0.25) is 0 Å². The number of carbonyl (C=O) groups is 3. The monoisotopic (exact) mass is 515 g/mol. The van der Waals surface area contributed by atoms with Crippen molar-refractivity contribution in [3.63, 3.8) is 0 Å². The summed E-state index contributed by atoms with van der Waals surface area (Å²) in [5.41, 5.74) is 1.38. The van der Waals surface area contributed by atoms with Crippen LogP contribution in [0.4, 0.5) is 10.8 Å². The first-order valence-electron chi connectivity index (χ1n) is 10.8. The Kier molecular flexibility index (Phi) is 6.36. The summed E-state index contributed by atoms with van der Waals surface area (Å²) in [7, 11) is 0. The minimum absolute atomic E-state index is 0.0268. The van der Waals surface area contributed by atoms with E-state index >= 15 is 0 Å². The standard InChI is InChI=1S/C22H21N5O4S3/c1-2-16-26-27-21(34-16)25-15(28)9-32-22-24-13-6-5-12(8-14(13)33-22)23-19(29)17-10-3-4-11(7-10)18(17)20(30)31/h3-6,8,10-11,17-18H,2,7,9H2,1H3,(H,23,29)(H,30,31)(H,25,27,28)/t10-,11-,17-,18+/m0/s1. The van der Waals surface area contributed by atoms with Gasteiger partial charge in [-0.3, -0.25) is 19.7 Å². The smallest absolute Gasteiger partial charge is 0.307 e. The number of aliphatic carboxylic acids is 1. The number of anilines is 2. The molecule has 2 bridgehead atoms. The van der Waals surface area contributed by atoms with Gasteiger partial charge in [0.05, 0.1) is 27.8 Å². The van der Waals surface area contributed by atoms with Crippen LogP contribution in [-0.4, -0.2) is 43.8 Å². The average Bonchev–Trinajstić information content (AvgIpc) is 3.59. The molecule has 0 aliphatic heterocycles. The van der Waals surface area contributed by atoms with Crippen molar-refractivity contribution in [2.75, 3.05) is 16.4 Å². The van der Waals surface area contributed by atoms with Crippen LogP contribution in [-0.2, 0) is 20.8 Å². The van der Waals surface area contributed by atoms with Crippen molar-refractivity contribution in [1.82, 2.24) is 15.2 Å². The van der Waals surface area contributed by atoms with Crippen LogP contribution >= 0.6 is 34.4 Å². The Morgan fingerprint density at radius 3 is 2.65 bits per heavy atom. The molecule has 1 saturated carbocycles. The summed E-state index contributed by atoms with van der Waals surface area (Å²) in [6.07, 6.45) is 5.38. The van der Waals surface area contributed by atoms with Gasteiger partial charge in [-0.2, -0.15) is 0 Å². The molecule has 2 aliphatic rings. The SMILES string of the molecule is CCc1nnc(NC(=O)CSc2nc3ccc(NC(=O)[C@@H]4[C@H](C(=O)O)[C@H]5C=C[C@H]4C5)cc3s2)s1. The van der Waals surface area contributed by atoms with Crippen molar-refractivity contribution in [3.8, 4) is 0 Å². The number of thioether (sulfide) groups is 1. The van der Waals surface area contributed by atoms with Crippen LogP contribution in [0.1, 0.15) is 18.4 Å². The number of nitrogens with one attached hydrogen (secondary N) is 2. The maximum absolute atomic E-state index is 12.9. The van der Waals surface area contributed by atoms with Crippen molar-refractivity contribution in [2.24, 2.45) is 23.7 Å². The number of allylic oxidation sites excluding steroid dienone is 2. The molecule has 0 radical (unpaired) electrons. The summed E-state index contributed by atoms with van der Waals surface area (Å²) < 4.78 is 1.62. The molecule has 9 nitrogen and oxygen atoms in total. The van der Waals surface area contributed by atoms with Gasteiger partial charge in [0.2, 0.25) is 16.9 Å². The summed E-state index contributed by atoms with van der Waals surface area (Å²) in [6, 6.07) is 5.41. The number of rotatable bonds is 8. The van der Waals surface area contributed by atoms with Gasteiger partial charge in [0.1, 0.15) is 5.01 Å². The zero-order valence-corrected chi connectivity index (χ0v) is 20.5. The number of thiazole rings is 1.